The highest BCUT2D eigenvalue weighted by molar-refractivity contribution is 5.22. The number of rotatable bonds is 8. The Morgan fingerprint density at radius 1 is 1.11 bits per heavy atom. The van der Waals surface area contributed by atoms with Gasteiger partial charge in [0.05, 0.1) is 13.2 Å². The largest absolute Gasteiger partial charge is 0.394 e. The van der Waals surface area contributed by atoms with Crippen molar-refractivity contribution < 1.29 is 9.84 Å². The average molecular weight is 251 g/mol. The van der Waals surface area contributed by atoms with Gasteiger partial charge in [-0.25, -0.2) is 0 Å². The lowest BCUT2D eigenvalue weighted by atomic mass is 9.93. The normalized spacial score (nSPS) is 11.8. The van der Waals surface area contributed by atoms with Crippen molar-refractivity contribution in [1.29, 1.82) is 0 Å². The molecular weight excluding hydrogens is 226 g/mol. The fourth-order valence-electron chi connectivity index (χ4n) is 1.99. The Morgan fingerprint density at radius 2 is 1.67 bits per heavy atom. The summed E-state index contributed by atoms with van der Waals surface area (Å²) in [7, 11) is 1.70. The molecule has 3 heteroatoms. The van der Waals surface area contributed by atoms with Crippen LogP contribution >= 0.6 is 0 Å². The van der Waals surface area contributed by atoms with Crippen LogP contribution in [-0.4, -0.2) is 24.4 Å². The van der Waals surface area contributed by atoms with Gasteiger partial charge in [0.1, 0.15) is 0 Å². The summed E-state index contributed by atoms with van der Waals surface area (Å²) in [5, 5.41) is 13.0. The topological polar surface area (TPSA) is 41.5 Å². The Hall–Kier alpha value is -0.900. The van der Waals surface area contributed by atoms with Crippen molar-refractivity contribution in [3.8, 4) is 0 Å². The third-order valence-electron chi connectivity index (χ3n) is 3.66. The number of aliphatic hydroxyl groups excluding tert-OH is 1. The van der Waals surface area contributed by atoms with Crippen molar-refractivity contribution in [3.05, 3.63) is 35.4 Å². The maximum absolute atomic E-state index is 9.49. The van der Waals surface area contributed by atoms with Crippen LogP contribution < -0.4 is 5.32 Å². The van der Waals surface area contributed by atoms with Gasteiger partial charge in [-0.1, -0.05) is 38.1 Å². The molecule has 1 rings (SSSR count). The number of hydrogen-bond acceptors (Lipinski definition) is 3. The quantitative estimate of drug-likeness (QED) is 0.746. The fourth-order valence-corrected chi connectivity index (χ4v) is 1.99. The molecule has 0 aliphatic heterocycles. The summed E-state index contributed by atoms with van der Waals surface area (Å²) in [4.78, 5) is 0. The summed E-state index contributed by atoms with van der Waals surface area (Å²) in [6.45, 7) is 5.83. The summed E-state index contributed by atoms with van der Waals surface area (Å²) in [6, 6.07) is 8.38. The molecule has 0 unspecified atom stereocenters. The Bertz CT molecular complexity index is 323. The van der Waals surface area contributed by atoms with E-state index in [0.29, 0.717) is 6.61 Å². The van der Waals surface area contributed by atoms with Crippen molar-refractivity contribution in [2.75, 3.05) is 13.7 Å². The number of ether oxygens (including phenoxy) is 1. The minimum atomic E-state index is -0.148. The molecule has 0 heterocycles. The maximum atomic E-state index is 9.49. The molecule has 0 radical (unpaired) electrons. The van der Waals surface area contributed by atoms with Gasteiger partial charge in [-0.2, -0.15) is 0 Å². The van der Waals surface area contributed by atoms with E-state index in [1.165, 1.54) is 11.1 Å². The SMILES string of the molecule is CCC(CC)(CO)NCc1ccc(COC)cc1. The summed E-state index contributed by atoms with van der Waals surface area (Å²) in [5.41, 5.74) is 2.26. The van der Waals surface area contributed by atoms with E-state index in [4.69, 9.17) is 4.74 Å². The van der Waals surface area contributed by atoms with Gasteiger partial charge in [0.25, 0.3) is 0 Å². The van der Waals surface area contributed by atoms with Gasteiger partial charge in [0.15, 0.2) is 0 Å². The molecule has 0 aliphatic carbocycles. The first kappa shape index (κ1) is 15.2. The van der Waals surface area contributed by atoms with Crippen molar-refractivity contribution in [2.45, 2.75) is 45.4 Å². The van der Waals surface area contributed by atoms with E-state index in [9.17, 15) is 5.11 Å². The lowest BCUT2D eigenvalue weighted by Gasteiger charge is -2.31. The average Bonchev–Trinajstić information content (AvgIpc) is 2.43. The minimum absolute atomic E-state index is 0.148. The van der Waals surface area contributed by atoms with Crippen LogP contribution in [0.25, 0.3) is 0 Å². The highest BCUT2D eigenvalue weighted by Crippen LogP contribution is 2.15. The number of benzene rings is 1. The zero-order valence-corrected chi connectivity index (χ0v) is 11.7. The standard InChI is InChI=1S/C15H25NO2/c1-4-15(5-2,12-17)16-10-13-6-8-14(9-7-13)11-18-3/h6-9,16-17H,4-5,10-12H2,1-3H3. The van der Waals surface area contributed by atoms with E-state index in [1.54, 1.807) is 7.11 Å². The van der Waals surface area contributed by atoms with Crippen molar-refractivity contribution in [2.24, 2.45) is 0 Å². The van der Waals surface area contributed by atoms with E-state index < -0.39 is 0 Å². The molecule has 2 N–H and O–H groups in total. The van der Waals surface area contributed by atoms with Crippen LogP contribution in [-0.2, 0) is 17.9 Å². The Balaban J connectivity index is 2.57. The van der Waals surface area contributed by atoms with Crippen LogP contribution in [0.15, 0.2) is 24.3 Å². The van der Waals surface area contributed by atoms with Crippen molar-refractivity contribution in [3.63, 3.8) is 0 Å². The molecule has 0 aromatic heterocycles. The number of hydrogen-bond donors (Lipinski definition) is 2. The third kappa shape index (κ3) is 4.09. The van der Waals surface area contributed by atoms with Gasteiger partial charge in [-0.15, -0.1) is 0 Å². The zero-order chi connectivity index (χ0) is 13.4. The molecule has 1 aromatic rings. The number of aliphatic hydroxyl groups is 1. The zero-order valence-electron chi connectivity index (χ0n) is 11.7. The van der Waals surface area contributed by atoms with Gasteiger partial charge in [-0.3, -0.25) is 0 Å². The van der Waals surface area contributed by atoms with Crippen LogP contribution in [0, 0.1) is 0 Å². The second kappa shape index (κ2) is 7.52. The molecule has 0 fully saturated rings. The first-order valence-corrected chi connectivity index (χ1v) is 6.62. The summed E-state index contributed by atoms with van der Waals surface area (Å²) in [6.07, 6.45) is 1.86. The first-order valence-electron chi connectivity index (χ1n) is 6.62. The van der Waals surface area contributed by atoms with Gasteiger partial charge in [0.2, 0.25) is 0 Å². The lowest BCUT2D eigenvalue weighted by molar-refractivity contribution is 0.149. The van der Waals surface area contributed by atoms with Gasteiger partial charge < -0.3 is 15.2 Å². The van der Waals surface area contributed by atoms with E-state index in [1.807, 2.05) is 0 Å². The molecular formula is C15H25NO2. The van der Waals surface area contributed by atoms with Gasteiger partial charge in [-0.05, 0) is 24.0 Å². The molecule has 0 atom stereocenters. The number of methoxy groups -OCH3 is 1. The molecule has 1 aromatic carbocycles. The van der Waals surface area contributed by atoms with E-state index in [-0.39, 0.29) is 12.1 Å². The smallest absolute Gasteiger partial charge is 0.0713 e. The molecule has 3 nitrogen and oxygen atoms in total. The van der Waals surface area contributed by atoms with Gasteiger partial charge in [0, 0.05) is 19.2 Å². The molecule has 0 bridgehead atoms. The maximum Gasteiger partial charge on any atom is 0.0713 e. The Morgan fingerprint density at radius 3 is 2.11 bits per heavy atom. The Labute approximate surface area is 110 Å². The summed E-state index contributed by atoms with van der Waals surface area (Å²) >= 11 is 0. The molecule has 0 spiro atoms. The van der Waals surface area contributed by atoms with Crippen molar-refractivity contribution >= 4 is 0 Å². The van der Waals surface area contributed by atoms with Crippen LogP contribution in [0.4, 0.5) is 0 Å². The second-order valence-corrected chi connectivity index (χ2v) is 4.75. The predicted octanol–water partition coefficient (Wildman–Crippen LogP) is 2.47. The molecule has 102 valence electrons. The molecule has 18 heavy (non-hydrogen) atoms. The third-order valence-corrected chi connectivity index (χ3v) is 3.66. The monoisotopic (exact) mass is 251 g/mol. The highest BCUT2D eigenvalue weighted by Gasteiger charge is 2.23. The van der Waals surface area contributed by atoms with Crippen molar-refractivity contribution in [1.82, 2.24) is 5.32 Å². The highest BCUT2D eigenvalue weighted by atomic mass is 16.5. The van der Waals surface area contributed by atoms with Gasteiger partial charge >= 0.3 is 0 Å². The van der Waals surface area contributed by atoms with E-state index in [2.05, 4.69) is 43.4 Å². The minimum Gasteiger partial charge on any atom is -0.394 e. The number of nitrogens with one attached hydrogen (secondary N) is 1. The van der Waals surface area contributed by atoms with Crippen LogP contribution in [0.1, 0.15) is 37.8 Å². The van der Waals surface area contributed by atoms with Crippen LogP contribution in [0.2, 0.25) is 0 Å². The van der Waals surface area contributed by atoms with E-state index in [0.717, 1.165) is 19.4 Å². The van der Waals surface area contributed by atoms with Crippen LogP contribution in [0.5, 0.6) is 0 Å². The predicted molar refractivity (Wildman–Crippen MR) is 74.4 cm³/mol. The molecule has 0 amide bonds. The first-order chi connectivity index (χ1) is 8.69. The second-order valence-electron chi connectivity index (χ2n) is 4.75. The Kier molecular flexibility index (Phi) is 6.33. The van der Waals surface area contributed by atoms with E-state index >= 15 is 0 Å². The lowest BCUT2D eigenvalue weighted by Crippen LogP contribution is -2.47. The fraction of sp³-hybridized carbons (Fsp3) is 0.600. The molecule has 0 aliphatic rings. The summed E-state index contributed by atoms with van der Waals surface area (Å²) in [5.74, 6) is 0. The summed E-state index contributed by atoms with van der Waals surface area (Å²) < 4.78 is 5.09. The molecule has 0 saturated heterocycles. The molecule has 0 saturated carbocycles. The van der Waals surface area contributed by atoms with Crippen LogP contribution in [0.3, 0.4) is 0 Å².